The molecule has 0 aromatic heterocycles. The highest BCUT2D eigenvalue weighted by molar-refractivity contribution is 8.04. The van der Waals surface area contributed by atoms with Crippen LogP contribution in [-0.4, -0.2) is 29.1 Å². The number of benzene rings is 1. The number of ether oxygens (including phenoxy) is 1. The maximum atomic E-state index is 11.9. The van der Waals surface area contributed by atoms with Crippen molar-refractivity contribution in [3.05, 3.63) is 23.8 Å². The Balaban J connectivity index is 3.37. The molecule has 0 atom stereocenters. The lowest BCUT2D eigenvalue weighted by atomic mass is 10.2. The van der Waals surface area contributed by atoms with Crippen LogP contribution in [0, 0.1) is 6.92 Å². The summed E-state index contributed by atoms with van der Waals surface area (Å²) in [5.41, 5.74) is 0.662. The minimum atomic E-state index is -4.33. The van der Waals surface area contributed by atoms with Crippen molar-refractivity contribution in [2.75, 3.05) is 6.26 Å². The summed E-state index contributed by atoms with van der Waals surface area (Å²) in [6.45, 7) is 2.79. The fourth-order valence-electron chi connectivity index (χ4n) is 1.32. The summed E-state index contributed by atoms with van der Waals surface area (Å²) in [4.78, 5) is 10.5. The van der Waals surface area contributed by atoms with Crippen LogP contribution < -0.4 is 8.86 Å². The molecule has 0 radical (unpaired) electrons. The van der Waals surface area contributed by atoms with Crippen molar-refractivity contribution in [3.8, 4) is 5.75 Å². The topological polar surface area (TPSA) is 107 Å². The molecule has 19 heavy (non-hydrogen) atoms. The lowest BCUT2D eigenvalue weighted by Crippen LogP contribution is -2.30. The summed E-state index contributed by atoms with van der Waals surface area (Å²) in [5.74, 6) is -0.926. The minimum Gasteiger partial charge on any atom is -0.425 e. The van der Waals surface area contributed by atoms with Gasteiger partial charge in [0.05, 0.1) is 6.26 Å². The van der Waals surface area contributed by atoms with Crippen molar-refractivity contribution < 1.29 is 26.4 Å². The Kier molecular flexibility index (Phi) is 4.33. The molecule has 0 fully saturated rings. The molecule has 0 spiro atoms. The Morgan fingerprint density at radius 1 is 1.21 bits per heavy atom. The summed E-state index contributed by atoms with van der Waals surface area (Å²) in [6.07, 6.45) is 0.713. The van der Waals surface area contributed by atoms with Crippen molar-refractivity contribution in [1.29, 1.82) is 0 Å². The second-order valence-corrected chi connectivity index (χ2v) is 7.56. The molecule has 0 aliphatic carbocycles. The smallest absolute Gasteiger partial charge is 0.308 e. The molecule has 0 amide bonds. The van der Waals surface area contributed by atoms with Gasteiger partial charge in [-0.2, -0.15) is 0 Å². The molecule has 0 aliphatic rings. The molecule has 1 N–H and O–H groups in total. The summed E-state index contributed by atoms with van der Waals surface area (Å²) in [6, 6.07) is 3.96. The average molecular weight is 307 g/mol. The second kappa shape index (κ2) is 5.27. The molecule has 106 valence electrons. The van der Waals surface area contributed by atoms with Gasteiger partial charge in [-0.15, -0.1) is 4.13 Å². The molecule has 9 heteroatoms. The molecule has 1 aromatic rings. The van der Waals surface area contributed by atoms with Gasteiger partial charge in [0.15, 0.2) is 5.75 Å². The Labute approximate surface area is 111 Å². The van der Waals surface area contributed by atoms with Gasteiger partial charge < -0.3 is 4.74 Å². The van der Waals surface area contributed by atoms with Crippen LogP contribution in [0.5, 0.6) is 5.75 Å². The van der Waals surface area contributed by atoms with E-state index >= 15 is 0 Å². The van der Waals surface area contributed by atoms with Crippen LogP contribution in [0.15, 0.2) is 23.1 Å². The lowest BCUT2D eigenvalue weighted by Gasteiger charge is -2.10. The summed E-state index contributed by atoms with van der Waals surface area (Å²) >= 11 is 0. The molecule has 0 saturated heterocycles. The quantitative estimate of drug-likeness (QED) is 0.627. The third-order valence-electron chi connectivity index (χ3n) is 1.90. The van der Waals surface area contributed by atoms with E-state index in [9.17, 15) is 21.6 Å². The first kappa shape index (κ1) is 15.6. The molecule has 0 saturated carbocycles. The van der Waals surface area contributed by atoms with Crippen molar-refractivity contribution >= 4 is 26.0 Å². The predicted molar refractivity (Wildman–Crippen MR) is 67.7 cm³/mol. The minimum absolute atomic E-state index is 0.219. The molecular formula is C10H13NO6S2. The van der Waals surface area contributed by atoms with Crippen LogP contribution in [0.2, 0.25) is 0 Å². The van der Waals surface area contributed by atoms with Crippen LogP contribution in [0.25, 0.3) is 0 Å². The summed E-state index contributed by atoms with van der Waals surface area (Å²) in [5, 5.41) is 0. The number of nitrogens with one attached hydrogen (secondary N) is 1. The zero-order valence-electron chi connectivity index (χ0n) is 10.5. The molecule has 0 aliphatic heterocycles. The van der Waals surface area contributed by atoms with Gasteiger partial charge in [-0.05, 0) is 24.6 Å². The zero-order valence-corrected chi connectivity index (χ0v) is 12.1. The number of hydrogen-bond donors (Lipinski definition) is 1. The first-order valence-electron chi connectivity index (χ1n) is 5.04. The molecule has 0 heterocycles. The monoisotopic (exact) mass is 307 g/mol. The number of carbonyl (C=O) groups is 1. The first-order valence-corrected chi connectivity index (χ1v) is 8.41. The third kappa shape index (κ3) is 4.62. The zero-order chi connectivity index (χ0) is 14.8. The summed E-state index contributed by atoms with van der Waals surface area (Å²) in [7, 11) is -8.29. The van der Waals surface area contributed by atoms with Crippen LogP contribution >= 0.6 is 0 Å². The van der Waals surface area contributed by atoms with Crippen LogP contribution in [0.4, 0.5) is 0 Å². The largest absolute Gasteiger partial charge is 0.425 e. The molecular weight excluding hydrogens is 294 g/mol. The number of carbonyl (C=O) groups excluding carboxylic acids is 1. The van der Waals surface area contributed by atoms with E-state index in [-0.39, 0.29) is 5.75 Å². The molecule has 1 aromatic carbocycles. The van der Waals surface area contributed by atoms with Crippen LogP contribution in [-0.2, 0) is 24.8 Å². The fraction of sp³-hybridized carbons (Fsp3) is 0.300. The molecule has 0 bridgehead atoms. The Bertz CT molecular complexity index is 706. The number of hydrogen-bond acceptors (Lipinski definition) is 6. The highest BCUT2D eigenvalue weighted by Crippen LogP contribution is 2.25. The highest BCUT2D eigenvalue weighted by Gasteiger charge is 2.24. The fourth-order valence-corrected chi connectivity index (χ4v) is 3.88. The standard InChI is InChI=1S/C10H13NO6S2/c1-7-4-5-10(9(6-7)17-8(2)12)19(15,16)11-18(3,13)14/h4-6,11H,1-3H3. The van der Waals surface area contributed by atoms with Gasteiger partial charge in [-0.1, -0.05) is 6.07 Å². The maximum Gasteiger partial charge on any atom is 0.308 e. The van der Waals surface area contributed by atoms with Gasteiger partial charge in [0.2, 0.25) is 10.0 Å². The normalized spacial score (nSPS) is 12.2. The van der Waals surface area contributed by atoms with Crippen molar-refractivity contribution in [2.24, 2.45) is 0 Å². The van der Waals surface area contributed by atoms with Crippen molar-refractivity contribution in [2.45, 2.75) is 18.7 Å². The van der Waals surface area contributed by atoms with E-state index in [1.54, 1.807) is 6.92 Å². The van der Waals surface area contributed by atoms with E-state index in [0.717, 1.165) is 6.92 Å². The van der Waals surface area contributed by atoms with E-state index in [1.165, 1.54) is 22.3 Å². The van der Waals surface area contributed by atoms with Gasteiger partial charge >= 0.3 is 5.97 Å². The van der Waals surface area contributed by atoms with Crippen LogP contribution in [0.3, 0.4) is 0 Å². The Hall–Kier alpha value is -1.45. The van der Waals surface area contributed by atoms with E-state index < -0.39 is 30.9 Å². The molecule has 1 rings (SSSR count). The van der Waals surface area contributed by atoms with Gasteiger partial charge in [0, 0.05) is 6.92 Å². The average Bonchev–Trinajstić information content (AvgIpc) is 2.11. The lowest BCUT2D eigenvalue weighted by molar-refractivity contribution is -0.132. The SMILES string of the molecule is CC(=O)Oc1cc(C)ccc1S(=O)(=O)NS(C)(=O)=O. The van der Waals surface area contributed by atoms with E-state index in [2.05, 4.69) is 0 Å². The van der Waals surface area contributed by atoms with Crippen molar-refractivity contribution in [3.63, 3.8) is 0 Å². The van der Waals surface area contributed by atoms with Gasteiger partial charge in [0.25, 0.3) is 10.0 Å². The number of esters is 1. The summed E-state index contributed by atoms with van der Waals surface area (Å²) < 4.78 is 52.1. The molecule has 0 unspecified atom stereocenters. The Morgan fingerprint density at radius 2 is 1.79 bits per heavy atom. The number of aryl methyl sites for hydroxylation is 1. The second-order valence-electron chi connectivity index (χ2n) is 3.90. The van der Waals surface area contributed by atoms with E-state index in [0.29, 0.717) is 11.8 Å². The van der Waals surface area contributed by atoms with E-state index in [4.69, 9.17) is 4.74 Å². The van der Waals surface area contributed by atoms with Gasteiger partial charge in [-0.25, -0.2) is 16.8 Å². The number of rotatable bonds is 4. The number of sulfonamides is 2. The first-order chi connectivity index (χ1) is 8.51. The maximum absolute atomic E-state index is 11.9. The van der Waals surface area contributed by atoms with Gasteiger partial charge in [0.1, 0.15) is 4.90 Å². The van der Waals surface area contributed by atoms with Crippen molar-refractivity contribution in [1.82, 2.24) is 4.13 Å². The predicted octanol–water partition coefficient (Wildman–Crippen LogP) is 0.158. The third-order valence-corrected chi connectivity index (χ3v) is 4.91. The van der Waals surface area contributed by atoms with Crippen LogP contribution in [0.1, 0.15) is 12.5 Å². The molecule has 7 nitrogen and oxygen atoms in total. The Morgan fingerprint density at radius 3 is 2.26 bits per heavy atom. The van der Waals surface area contributed by atoms with Gasteiger partial charge in [-0.3, -0.25) is 4.79 Å². The van der Waals surface area contributed by atoms with E-state index in [1.807, 2.05) is 0 Å². The highest BCUT2D eigenvalue weighted by atomic mass is 32.3.